The Morgan fingerprint density at radius 1 is 0.833 bits per heavy atom. The average molecular weight is 364 g/mol. The number of allylic oxidation sites excluding steroid dienone is 2. The quantitative estimate of drug-likeness (QED) is 0.144. The third-order valence-corrected chi connectivity index (χ3v) is 4.30. The van der Waals surface area contributed by atoms with Gasteiger partial charge in [0.2, 0.25) is 0 Å². The Kier molecular flexibility index (Phi) is 15.9. The lowest BCUT2D eigenvalue weighted by Crippen LogP contribution is -1.95. The zero-order valence-electron chi connectivity index (χ0n) is 12.6. The highest BCUT2D eigenvalue weighted by atomic mass is 127. The SMILES string of the molecule is CCCCC/C=C/CCCCC[C@H](C)CCCI. The minimum absolute atomic E-state index is 0.948. The second-order valence-corrected chi connectivity index (χ2v) is 6.62. The summed E-state index contributed by atoms with van der Waals surface area (Å²) in [6.07, 6.45) is 20.0. The summed E-state index contributed by atoms with van der Waals surface area (Å²) in [6.45, 7) is 4.69. The van der Waals surface area contributed by atoms with Crippen LogP contribution < -0.4 is 0 Å². The molecule has 0 saturated heterocycles. The molecule has 0 bridgehead atoms. The third kappa shape index (κ3) is 14.5. The van der Waals surface area contributed by atoms with Crippen molar-refractivity contribution >= 4 is 22.6 Å². The van der Waals surface area contributed by atoms with Crippen LogP contribution in [0.25, 0.3) is 0 Å². The number of unbranched alkanes of at least 4 members (excludes halogenated alkanes) is 6. The normalized spacial score (nSPS) is 13.3. The van der Waals surface area contributed by atoms with Gasteiger partial charge in [0.1, 0.15) is 0 Å². The van der Waals surface area contributed by atoms with Crippen molar-refractivity contribution < 1.29 is 0 Å². The molecule has 0 fully saturated rings. The van der Waals surface area contributed by atoms with Crippen LogP contribution in [-0.2, 0) is 0 Å². The summed E-state index contributed by atoms with van der Waals surface area (Å²) >= 11 is 2.49. The van der Waals surface area contributed by atoms with E-state index in [2.05, 4.69) is 48.6 Å². The fourth-order valence-corrected chi connectivity index (χ4v) is 2.69. The Balaban J connectivity index is 3.15. The summed E-state index contributed by atoms with van der Waals surface area (Å²) in [4.78, 5) is 0. The molecule has 0 amide bonds. The van der Waals surface area contributed by atoms with E-state index in [0.717, 1.165) is 5.92 Å². The molecular formula is C17H33I. The van der Waals surface area contributed by atoms with Crippen molar-refractivity contribution in [3.63, 3.8) is 0 Å². The van der Waals surface area contributed by atoms with E-state index in [0.29, 0.717) is 0 Å². The van der Waals surface area contributed by atoms with Crippen molar-refractivity contribution in [1.82, 2.24) is 0 Å². The molecule has 0 N–H and O–H groups in total. The number of hydrogen-bond acceptors (Lipinski definition) is 0. The summed E-state index contributed by atoms with van der Waals surface area (Å²) in [5.41, 5.74) is 0. The lowest BCUT2D eigenvalue weighted by molar-refractivity contribution is 0.459. The van der Waals surface area contributed by atoms with Gasteiger partial charge in [0.25, 0.3) is 0 Å². The van der Waals surface area contributed by atoms with Gasteiger partial charge >= 0.3 is 0 Å². The first-order valence-corrected chi connectivity index (χ1v) is 9.54. The highest BCUT2D eigenvalue weighted by molar-refractivity contribution is 14.1. The van der Waals surface area contributed by atoms with Crippen molar-refractivity contribution in [1.29, 1.82) is 0 Å². The zero-order valence-corrected chi connectivity index (χ0v) is 14.8. The molecule has 0 aliphatic carbocycles. The first-order chi connectivity index (χ1) is 8.81. The van der Waals surface area contributed by atoms with E-state index >= 15 is 0 Å². The first-order valence-electron chi connectivity index (χ1n) is 8.02. The van der Waals surface area contributed by atoms with Gasteiger partial charge in [-0.25, -0.2) is 0 Å². The van der Waals surface area contributed by atoms with Gasteiger partial charge in [-0.15, -0.1) is 0 Å². The minimum atomic E-state index is 0.948. The maximum Gasteiger partial charge on any atom is -0.000463 e. The molecule has 108 valence electrons. The molecule has 0 nitrogen and oxygen atoms in total. The minimum Gasteiger partial charge on any atom is -0.0885 e. The predicted octanol–water partition coefficient (Wildman–Crippen LogP) is 6.92. The van der Waals surface area contributed by atoms with E-state index in [1.807, 2.05) is 0 Å². The Morgan fingerprint density at radius 3 is 2.06 bits per heavy atom. The predicted molar refractivity (Wildman–Crippen MR) is 93.7 cm³/mol. The maximum absolute atomic E-state index is 2.49. The van der Waals surface area contributed by atoms with E-state index in [1.165, 1.54) is 75.1 Å². The summed E-state index contributed by atoms with van der Waals surface area (Å²) in [6, 6.07) is 0. The van der Waals surface area contributed by atoms with Crippen LogP contribution >= 0.6 is 22.6 Å². The average Bonchev–Trinajstić information content (AvgIpc) is 2.38. The molecule has 1 atom stereocenters. The highest BCUT2D eigenvalue weighted by Crippen LogP contribution is 2.16. The zero-order chi connectivity index (χ0) is 13.5. The summed E-state index contributed by atoms with van der Waals surface area (Å²) in [7, 11) is 0. The van der Waals surface area contributed by atoms with Crippen molar-refractivity contribution in [3.8, 4) is 0 Å². The van der Waals surface area contributed by atoms with Gasteiger partial charge in [0.05, 0.1) is 0 Å². The number of halogens is 1. The van der Waals surface area contributed by atoms with Crippen molar-refractivity contribution in [2.75, 3.05) is 4.43 Å². The van der Waals surface area contributed by atoms with Gasteiger partial charge in [0.15, 0.2) is 0 Å². The van der Waals surface area contributed by atoms with Gasteiger partial charge in [-0.2, -0.15) is 0 Å². The lowest BCUT2D eigenvalue weighted by Gasteiger charge is -2.09. The van der Waals surface area contributed by atoms with Gasteiger partial charge < -0.3 is 0 Å². The Hall–Kier alpha value is 0.470. The number of hydrogen-bond donors (Lipinski definition) is 0. The molecule has 0 aromatic carbocycles. The van der Waals surface area contributed by atoms with Crippen LogP contribution in [0, 0.1) is 5.92 Å². The molecule has 18 heavy (non-hydrogen) atoms. The number of rotatable bonds is 13. The van der Waals surface area contributed by atoms with Crippen molar-refractivity contribution in [3.05, 3.63) is 12.2 Å². The maximum atomic E-state index is 2.49. The number of alkyl halides is 1. The van der Waals surface area contributed by atoms with E-state index in [1.54, 1.807) is 0 Å². The van der Waals surface area contributed by atoms with Crippen LogP contribution in [0.2, 0.25) is 0 Å². The first kappa shape index (κ1) is 18.5. The Morgan fingerprint density at radius 2 is 1.44 bits per heavy atom. The van der Waals surface area contributed by atoms with Crippen LogP contribution in [0.3, 0.4) is 0 Å². The van der Waals surface area contributed by atoms with Gasteiger partial charge in [-0.3, -0.25) is 0 Å². The standard InChI is InChI=1S/C17H33I/c1-3-4-5-6-7-8-9-10-11-12-14-17(2)15-13-16-18/h7-8,17H,3-6,9-16H2,1-2H3/b8-7+/t17-/m0/s1. The van der Waals surface area contributed by atoms with E-state index in [-0.39, 0.29) is 0 Å². The van der Waals surface area contributed by atoms with Crippen LogP contribution in [-0.4, -0.2) is 4.43 Å². The Bertz CT molecular complexity index is 174. The molecule has 0 radical (unpaired) electrons. The monoisotopic (exact) mass is 364 g/mol. The van der Waals surface area contributed by atoms with Crippen LogP contribution in [0.1, 0.15) is 84.5 Å². The van der Waals surface area contributed by atoms with E-state index < -0.39 is 0 Å². The van der Waals surface area contributed by atoms with Crippen LogP contribution in [0.15, 0.2) is 12.2 Å². The fourth-order valence-electron chi connectivity index (χ4n) is 2.25. The summed E-state index contributed by atoms with van der Waals surface area (Å²) in [5.74, 6) is 0.948. The van der Waals surface area contributed by atoms with E-state index in [9.17, 15) is 0 Å². The summed E-state index contributed by atoms with van der Waals surface area (Å²) in [5, 5.41) is 0. The van der Waals surface area contributed by atoms with Gasteiger partial charge in [-0.05, 0) is 48.9 Å². The molecule has 1 heteroatoms. The molecule has 0 spiro atoms. The second-order valence-electron chi connectivity index (χ2n) is 5.54. The molecule has 0 rings (SSSR count). The summed E-state index contributed by atoms with van der Waals surface area (Å²) < 4.78 is 1.32. The molecule has 0 saturated carbocycles. The van der Waals surface area contributed by atoms with Crippen molar-refractivity contribution in [2.24, 2.45) is 5.92 Å². The highest BCUT2D eigenvalue weighted by Gasteiger charge is 2.00. The topological polar surface area (TPSA) is 0 Å². The Labute approximate surface area is 129 Å². The smallest absolute Gasteiger partial charge is 0.000463 e. The molecule has 0 heterocycles. The largest absolute Gasteiger partial charge is 0.0885 e. The second kappa shape index (κ2) is 15.5. The lowest BCUT2D eigenvalue weighted by atomic mass is 9.98. The third-order valence-electron chi connectivity index (χ3n) is 3.54. The molecule has 0 aliphatic heterocycles. The molecule has 0 aliphatic rings. The van der Waals surface area contributed by atoms with E-state index in [4.69, 9.17) is 0 Å². The van der Waals surface area contributed by atoms with Crippen LogP contribution in [0.5, 0.6) is 0 Å². The molecule has 0 aromatic rings. The van der Waals surface area contributed by atoms with Crippen molar-refractivity contribution in [2.45, 2.75) is 84.5 Å². The van der Waals surface area contributed by atoms with Gasteiger partial charge in [-0.1, -0.05) is 80.7 Å². The fraction of sp³-hybridized carbons (Fsp3) is 0.882. The molecule has 0 aromatic heterocycles. The molecule has 0 unspecified atom stereocenters. The molecular weight excluding hydrogens is 331 g/mol. The van der Waals surface area contributed by atoms with Crippen LogP contribution in [0.4, 0.5) is 0 Å². The van der Waals surface area contributed by atoms with Gasteiger partial charge in [0, 0.05) is 0 Å².